The molecule has 1 amide bonds. The van der Waals surface area contributed by atoms with Crippen LogP contribution in [0.4, 0.5) is 11.4 Å². The summed E-state index contributed by atoms with van der Waals surface area (Å²) in [5, 5.41) is 7.37. The predicted octanol–water partition coefficient (Wildman–Crippen LogP) is 5.04. The van der Waals surface area contributed by atoms with Gasteiger partial charge in [-0.25, -0.2) is 4.68 Å². The van der Waals surface area contributed by atoms with Gasteiger partial charge in [-0.2, -0.15) is 5.10 Å². The van der Waals surface area contributed by atoms with E-state index in [0.29, 0.717) is 5.56 Å². The lowest BCUT2D eigenvalue weighted by atomic mass is 10.2. The Kier molecular flexibility index (Phi) is 5.22. The summed E-state index contributed by atoms with van der Waals surface area (Å²) >= 11 is 3.43. The van der Waals surface area contributed by atoms with Gasteiger partial charge in [-0.15, -0.1) is 0 Å². The summed E-state index contributed by atoms with van der Waals surface area (Å²) in [6.45, 7) is 6.38. The number of nitrogens with zero attached hydrogens (tertiary/aromatic N) is 3. The van der Waals surface area contributed by atoms with E-state index in [2.05, 4.69) is 50.3 Å². The third-order valence-corrected chi connectivity index (χ3v) is 5.77. The van der Waals surface area contributed by atoms with Crippen LogP contribution in [0.5, 0.6) is 0 Å². The van der Waals surface area contributed by atoms with Crippen LogP contribution in [0.15, 0.2) is 59.2 Å². The predicted molar refractivity (Wildman–Crippen MR) is 116 cm³/mol. The maximum atomic E-state index is 12.7. The highest BCUT2D eigenvalue weighted by Crippen LogP contribution is 2.25. The van der Waals surface area contributed by atoms with E-state index in [0.717, 1.165) is 40.5 Å². The fourth-order valence-electron chi connectivity index (χ4n) is 3.60. The molecule has 2 heterocycles. The lowest BCUT2D eigenvalue weighted by molar-refractivity contribution is 0.102. The summed E-state index contributed by atoms with van der Waals surface area (Å²) in [6, 6.07) is 15.9. The second-order valence-electron chi connectivity index (χ2n) is 7.37. The first-order valence-electron chi connectivity index (χ1n) is 9.48. The summed E-state index contributed by atoms with van der Waals surface area (Å²) < 4.78 is 2.78. The smallest absolute Gasteiger partial charge is 0.259 e. The molecule has 0 aliphatic carbocycles. The minimum Gasteiger partial charge on any atom is -0.371 e. The molecule has 3 aromatic rings. The lowest BCUT2D eigenvalue weighted by Crippen LogP contribution is -2.19. The van der Waals surface area contributed by atoms with Gasteiger partial charge in [0.1, 0.15) is 0 Å². The Morgan fingerprint density at radius 1 is 1.11 bits per heavy atom. The van der Waals surface area contributed by atoms with E-state index in [9.17, 15) is 4.79 Å². The fraction of sp³-hybridized carbons (Fsp3) is 0.273. The van der Waals surface area contributed by atoms with Crippen molar-refractivity contribution in [3.63, 3.8) is 0 Å². The maximum absolute atomic E-state index is 12.7. The Morgan fingerprint density at radius 2 is 1.79 bits per heavy atom. The maximum Gasteiger partial charge on any atom is 0.259 e. The summed E-state index contributed by atoms with van der Waals surface area (Å²) in [6.07, 6.45) is 2.85. The molecule has 0 spiro atoms. The van der Waals surface area contributed by atoms with Gasteiger partial charge in [0.15, 0.2) is 0 Å². The van der Waals surface area contributed by atoms with Gasteiger partial charge >= 0.3 is 0 Å². The number of carbonyl (C=O) groups is 1. The summed E-state index contributed by atoms with van der Waals surface area (Å²) in [4.78, 5) is 15.1. The largest absolute Gasteiger partial charge is 0.371 e. The second-order valence-corrected chi connectivity index (χ2v) is 8.29. The van der Waals surface area contributed by atoms with Crippen molar-refractivity contribution < 1.29 is 4.79 Å². The van der Waals surface area contributed by atoms with Crippen LogP contribution in [-0.4, -0.2) is 28.8 Å². The zero-order valence-electron chi connectivity index (χ0n) is 16.0. The van der Waals surface area contributed by atoms with Gasteiger partial charge in [-0.05, 0) is 67.8 Å². The van der Waals surface area contributed by atoms with Crippen molar-refractivity contribution >= 4 is 33.2 Å². The molecule has 0 radical (unpaired) electrons. The number of rotatable bonds is 4. The fourth-order valence-corrected chi connectivity index (χ4v) is 3.86. The first-order chi connectivity index (χ1) is 13.5. The van der Waals surface area contributed by atoms with E-state index in [1.54, 1.807) is 10.9 Å². The van der Waals surface area contributed by atoms with Gasteiger partial charge in [0, 0.05) is 28.9 Å². The molecule has 1 fully saturated rings. The third-order valence-electron chi connectivity index (χ3n) is 5.24. The summed E-state index contributed by atoms with van der Waals surface area (Å²) in [5.41, 5.74) is 4.30. The average molecular weight is 439 g/mol. The molecule has 2 aromatic carbocycles. The van der Waals surface area contributed by atoms with Crippen LogP contribution in [0.1, 0.15) is 29.4 Å². The van der Waals surface area contributed by atoms with Crippen molar-refractivity contribution in [1.82, 2.24) is 9.78 Å². The molecule has 0 bridgehead atoms. The van der Waals surface area contributed by atoms with Crippen molar-refractivity contribution in [3.8, 4) is 5.69 Å². The first-order valence-corrected chi connectivity index (χ1v) is 10.3. The Morgan fingerprint density at radius 3 is 2.43 bits per heavy atom. The molecule has 1 unspecified atom stereocenters. The molecular formula is C22H23BrN4O. The molecule has 4 rings (SSSR count). The number of carbonyl (C=O) groups excluding carboxylic acids is 1. The van der Waals surface area contributed by atoms with Crippen molar-refractivity contribution in [2.45, 2.75) is 20.3 Å². The second kappa shape index (κ2) is 7.80. The lowest BCUT2D eigenvalue weighted by Gasteiger charge is -2.18. The molecule has 144 valence electrons. The monoisotopic (exact) mass is 438 g/mol. The van der Waals surface area contributed by atoms with Gasteiger partial charge in [0.2, 0.25) is 0 Å². The van der Waals surface area contributed by atoms with Crippen LogP contribution in [-0.2, 0) is 0 Å². The topological polar surface area (TPSA) is 50.2 Å². The number of hydrogen-bond acceptors (Lipinski definition) is 3. The molecule has 1 aliphatic rings. The minimum atomic E-state index is -0.150. The molecule has 1 saturated heterocycles. The standard InChI is InChI=1S/C22H23BrN4O/c1-15-11-12-26(14-15)19-9-5-18(6-10-19)25-22(28)21-13-24-27(16(21)2)20-7-3-17(23)4-8-20/h3-10,13,15H,11-12,14H2,1-2H3,(H,25,28). The van der Waals surface area contributed by atoms with E-state index in [1.165, 1.54) is 12.1 Å². The number of halogens is 1. The first kappa shape index (κ1) is 18.7. The number of anilines is 2. The Hall–Kier alpha value is -2.60. The number of nitrogens with one attached hydrogen (secondary N) is 1. The average Bonchev–Trinajstić information content (AvgIpc) is 3.29. The minimum absolute atomic E-state index is 0.150. The molecule has 28 heavy (non-hydrogen) atoms. The number of amides is 1. The van der Waals surface area contributed by atoms with E-state index >= 15 is 0 Å². The van der Waals surface area contributed by atoms with Crippen molar-refractivity contribution in [2.24, 2.45) is 5.92 Å². The summed E-state index contributed by atoms with van der Waals surface area (Å²) in [7, 11) is 0. The Labute approximate surface area is 173 Å². The SMILES string of the molecule is Cc1c(C(=O)Nc2ccc(N3CCC(C)C3)cc2)cnn1-c1ccc(Br)cc1. The van der Waals surface area contributed by atoms with Crippen LogP contribution in [0.25, 0.3) is 5.69 Å². The van der Waals surface area contributed by atoms with E-state index in [-0.39, 0.29) is 5.91 Å². The Bertz CT molecular complexity index is 979. The van der Waals surface area contributed by atoms with E-state index in [1.807, 2.05) is 43.3 Å². The highest BCUT2D eigenvalue weighted by molar-refractivity contribution is 9.10. The molecule has 0 saturated carbocycles. The molecular weight excluding hydrogens is 416 g/mol. The molecule has 6 heteroatoms. The number of aromatic nitrogens is 2. The van der Waals surface area contributed by atoms with Crippen LogP contribution in [0.3, 0.4) is 0 Å². The molecule has 1 aromatic heterocycles. The quantitative estimate of drug-likeness (QED) is 0.620. The Balaban J connectivity index is 1.47. The molecule has 1 aliphatic heterocycles. The molecule has 5 nitrogen and oxygen atoms in total. The zero-order valence-corrected chi connectivity index (χ0v) is 17.6. The highest BCUT2D eigenvalue weighted by Gasteiger charge is 2.19. The van der Waals surface area contributed by atoms with Crippen LogP contribution in [0.2, 0.25) is 0 Å². The number of hydrogen-bond donors (Lipinski definition) is 1. The van der Waals surface area contributed by atoms with Gasteiger partial charge in [-0.3, -0.25) is 4.79 Å². The van der Waals surface area contributed by atoms with Gasteiger partial charge in [-0.1, -0.05) is 22.9 Å². The van der Waals surface area contributed by atoms with E-state index in [4.69, 9.17) is 0 Å². The summed E-state index contributed by atoms with van der Waals surface area (Å²) in [5.74, 6) is 0.591. The van der Waals surface area contributed by atoms with Gasteiger partial charge in [0.05, 0.1) is 23.1 Å². The van der Waals surface area contributed by atoms with Crippen molar-refractivity contribution in [3.05, 3.63) is 70.5 Å². The van der Waals surface area contributed by atoms with Gasteiger partial charge in [0.25, 0.3) is 5.91 Å². The van der Waals surface area contributed by atoms with Crippen LogP contribution < -0.4 is 10.2 Å². The molecule has 1 N–H and O–H groups in total. The van der Waals surface area contributed by atoms with Crippen LogP contribution >= 0.6 is 15.9 Å². The van der Waals surface area contributed by atoms with Gasteiger partial charge < -0.3 is 10.2 Å². The zero-order chi connectivity index (χ0) is 19.7. The third kappa shape index (κ3) is 3.83. The van der Waals surface area contributed by atoms with Crippen LogP contribution in [0, 0.1) is 12.8 Å². The highest BCUT2D eigenvalue weighted by atomic mass is 79.9. The van der Waals surface area contributed by atoms with Crippen molar-refractivity contribution in [2.75, 3.05) is 23.3 Å². The molecule has 1 atom stereocenters. The van der Waals surface area contributed by atoms with Crippen molar-refractivity contribution in [1.29, 1.82) is 0 Å². The normalized spacial score (nSPS) is 16.4. The van der Waals surface area contributed by atoms with E-state index < -0.39 is 0 Å². The number of benzene rings is 2.